The van der Waals surface area contributed by atoms with Crippen LogP contribution in [-0.4, -0.2) is 19.5 Å². The lowest BCUT2D eigenvalue weighted by atomic mass is 10.2. The van der Waals surface area contributed by atoms with Gasteiger partial charge < -0.3 is 4.98 Å². The Morgan fingerprint density at radius 1 is 1.20 bits per heavy atom. The van der Waals surface area contributed by atoms with E-state index in [1.807, 2.05) is 0 Å². The highest BCUT2D eigenvalue weighted by molar-refractivity contribution is 5.75. The van der Waals surface area contributed by atoms with Crippen molar-refractivity contribution in [3.05, 3.63) is 50.7 Å². The molecule has 102 valence electrons. The van der Waals surface area contributed by atoms with Crippen LogP contribution in [-0.2, 0) is 7.05 Å². The molecule has 0 unspecified atom stereocenters. The number of hydrogen-bond donors (Lipinski definition) is 2. The molecule has 0 aliphatic carbocycles. The number of nitrogens with one attached hydrogen (secondary N) is 2. The van der Waals surface area contributed by atoms with E-state index in [4.69, 9.17) is 0 Å². The lowest BCUT2D eigenvalue weighted by Crippen LogP contribution is -2.28. The van der Waals surface area contributed by atoms with Gasteiger partial charge in [-0.15, -0.1) is 0 Å². The monoisotopic (exact) mass is 278 g/mol. The van der Waals surface area contributed by atoms with Gasteiger partial charge in [-0.3, -0.25) is 14.3 Å². The summed E-state index contributed by atoms with van der Waals surface area (Å²) in [7, 11) is 1.41. The van der Waals surface area contributed by atoms with Crippen LogP contribution in [0.1, 0.15) is 0 Å². The normalized spacial score (nSPS) is 11.2. The maximum Gasteiger partial charge on any atom is 0.329 e. The van der Waals surface area contributed by atoms with Gasteiger partial charge in [0.1, 0.15) is 11.3 Å². The van der Waals surface area contributed by atoms with Gasteiger partial charge in [0.2, 0.25) is 0 Å². The number of H-pyrrole nitrogens is 2. The molecule has 2 heterocycles. The molecule has 0 spiro atoms. The molecule has 0 fully saturated rings. The fourth-order valence-electron chi connectivity index (χ4n) is 1.92. The topological polar surface area (TPSA) is 83.5 Å². The zero-order chi connectivity index (χ0) is 14.4. The molecule has 6 nitrogen and oxygen atoms in total. The number of fused-ring (bicyclic) bond motifs is 1. The van der Waals surface area contributed by atoms with Gasteiger partial charge in [0.05, 0.1) is 5.56 Å². The summed E-state index contributed by atoms with van der Waals surface area (Å²) < 4.78 is 28.0. The molecule has 0 amide bonds. The Balaban J connectivity index is 2.37. The minimum absolute atomic E-state index is 0.0192. The van der Waals surface area contributed by atoms with Gasteiger partial charge >= 0.3 is 5.69 Å². The maximum absolute atomic E-state index is 13.7. The van der Waals surface area contributed by atoms with Gasteiger partial charge in [0.15, 0.2) is 17.3 Å². The molecular weight excluding hydrogens is 270 g/mol. The predicted octanol–water partition coefficient (Wildman–Crippen LogP) is 0.895. The van der Waals surface area contributed by atoms with Crippen molar-refractivity contribution in [3.8, 4) is 11.4 Å². The highest BCUT2D eigenvalue weighted by atomic mass is 19.2. The molecule has 0 radical (unpaired) electrons. The average molecular weight is 278 g/mol. The summed E-state index contributed by atoms with van der Waals surface area (Å²) in [4.78, 5) is 31.7. The molecule has 0 aliphatic heterocycles. The van der Waals surface area contributed by atoms with Crippen molar-refractivity contribution in [1.29, 1.82) is 0 Å². The van der Waals surface area contributed by atoms with Crippen LogP contribution >= 0.6 is 0 Å². The molecule has 1 aromatic carbocycles. The number of aryl methyl sites for hydroxylation is 1. The highest BCUT2D eigenvalue weighted by Gasteiger charge is 2.16. The summed E-state index contributed by atoms with van der Waals surface area (Å²) in [6, 6.07) is 3.62. The molecule has 8 heteroatoms. The van der Waals surface area contributed by atoms with Crippen molar-refractivity contribution in [2.24, 2.45) is 7.05 Å². The fourth-order valence-corrected chi connectivity index (χ4v) is 1.92. The van der Waals surface area contributed by atoms with Gasteiger partial charge in [-0.05, 0) is 12.1 Å². The van der Waals surface area contributed by atoms with Crippen LogP contribution in [0.2, 0.25) is 0 Å². The quantitative estimate of drug-likeness (QED) is 0.693. The number of rotatable bonds is 1. The molecule has 0 saturated carbocycles. The number of nitrogens with zero attached hydrogens (tertiary/aromatic N) is 2. The summed E-state index contributed by atoms with van der Waals surface area (Å²) in [6.45, 7) is 0. The Morgan fingerprint density at radius 3 is 2.70 bits per heavy atom. The Bertz CT molecular complexity index is 939. The number of halogens is 2. The van der Waals surface area contributed by atoms with E-state index < -0.39 is 22.9 Å². The van der Waals surface area contributed by atoms with E-state index in [1.165, 1.54) is 19.2 Å². The standard InChI is InChI=1S/C12H8F2N4O2/c1-18-10-8(11(19)17-12(18)20)15-9(16-10)5-3-2-4-6(13)7(5)14/h2-4H,1H3,(H,15,16)(H,17,19,20). The van der Waals surface area contributed by atoms with Crippen molar-refractivity contribution < 1.29 is 8.78 Å². The van der Waals surface area contributed by atoms with Crippen LogP contribution in [0.5, 0.6) is 0 Å². The summed E-state index contributed by atoms with van der Waals surface area (Å²) in [5, 5.41) is 0. The number of hydrogen-bond acceptors (Lipinski definition) is 3. The minimum atomic E-state index is -1.08. The van der Waals surface area contributed by atoms with E-state index in [-0.39, 0.29) is 22.6 Å². The zero-order valence-electron chi connectivity index (χ0n) is 10.2. The molecule has 0 atom stereocenters. The number of benzene rings is 1. The molecule has 2 N–H and O–H groups in total. The smallest absolute Gasteiger partial charge is 0.329 e. The van der Waals surface area contributed by atoms with Gasteiger partial charge in [-0.25, -0.2) is 18.6 Å². The van der Waals surface area contributed by atoms with Crippen LogP contribution in [0.3, 0.4) is 0 Å². The van der Waals surface area contributed by atoms with Crippen LogP contribution in [0.15, 0.2) is 27.8 Å². The van der Waals surface area contributed by atoms with Crippen LogP contribution in [0.25, 0.3) is 22.6 Å². The van der Waals surface area contributed by atoms with Crippen molar-refractivity contribution >= 4 is 11.2 Å². The second kappa shape index (κ2) is 4.12. The SMILES string of the molecule is Cn1c(=O)[nH]c(=O)c2[nH]c(-c3cccc(F)c3F)nc21. The first-order valence-electron chi connectivity index (χ1n) is 5.62. The Hall–Kier alpha value is -2.77. The number of aromatic amines is 2. The molecule has 2 aromatic heterocycles. The second-order valence-electron chi connectivity index (χ2n) is 4.20. The summed E-state index contributed by atoms with van der Waals surface area (Å²) in [6.07, 6.45) is 0. The van der Waals surface area contributed by atoms with Crippen molar-refractivity contribution in [2.75, 3.05) is 0 Å². The third-order valence-electron chi connectivity index (χ3n) is 2.96. The van der Waals surface area contributed by atoms with Crippen LogP contribution < -0.4 is 11.2 Å². The van der Waals surface area contributed by atoms with Gasteiger partial charge in [0, 0.05) is 7.05 Å². The Kier molecular flexibility index (Phi) is 2.53. The third-order valence-corrected chi connectivity index (χ3v) is 2.96. The van der Waals surface area contributed by atoms with Crippen molar-refractivity contribution in [2.45, 2.75) is 0 Å². The van der Waals surface area contributed by atoms with E-state index >= 15 is 0 Å². The number of imidazole rings is 1. The minimum Gasteiger partial charge on any atom is -0.332 e. The van der Waals surface area contributed by atoms with Crippen LogP contribution in [0, 0.1) is 11.6 Å². The van der Waals surface area contributed by atoms with E-state index in [0.717, 1.165) is 10.6 Å². The first-order chi connectivity index (χ1) is 9.49. The molecule has 0 aliphatic rings. The molecular formula is C12H8F2N4O2. The van der Waals surface area contributed by atoms with Gasteiger partial charge in [0.25, 0.3) is 5.56 Å². The van der Waals surface area contributed by atoms with E-state index in [0.29, 0.717) is 0 Å². The third kappa shape index (κ3) is 1.65. The molecule has 20 heavy (non-hydrogen) atoms. The summed E-state index contributed by atoms with van der Waals surface area (Å²) in [5.41, 5.74) is -1.34. The summed E-state index contributed by atoms with van der Waals surface area (Å²) in [5.74, 6) is -2.12. The fraction of sp³-hybridized carbons (Fsp3) is 0.0833. The highest BCUT2D eigenvalue weighted by Crippen LogP contribution is 2.22. The summed E-state index contributed by atoms with van der Waals surface area (Å²) >= 11 is 0. The molecule has 3 aromatic rings. The Morgan fingerprint density at radius 2 is 1.95 bits per heavy atom. The van der Waals surface area contributed by atoms with Crippen molar-refractivity contribution in [1.82, 2.24) is 19.5 Å². The average Bonchev–Trinajstić information content (AvgIpc) is 2.85. The first kappa shape index (κ1) is 12.3. The lowest BCUT2D eigenvalue weighted by Gasteiger charge is -1.99. The van der Waals surface area contributed by atoms with E-state index in [1.54, 1.807) is 0 Å². The molecule has 0 saturated heterocycles. The largest absolute Gasteiger partial charge is 0.332 e. The molecule has 3 rings (SSSR count). The predicted molar refractivity (Wildman–Crippen MR) is 67.3 cm³/mol. The second-order valence-corrected chi connectivity index (χ2v) is 4.20. The Labute approximate surface area is 109 Å². The van der Waals surface area contributed by atoms with Crippen LogP contribution in [0.4, 0.5) is 8.78 Å². The first-order valence-corrected chi connectivity index (χ1v) is 5.62. The van der Waals surface area contributed by atoms with E-state index in [2.05, 4.69) is 15.0 Å². The van der Waals surface area contributed by atoms with Gasteiger partial charge in [-0.2, -0.15) is 0 Å². The molecule has 0 bridgehead atoms. The maximum atomic E-state index is 13.7. The van der Waals surface area contributed by atoms with Crippen molar-refractivity contribution in [3.63, 3.8) is 0 Å². The lowest BCUT2D eigenvalue weighted by molar-refractivity contribution is 0.510. The number of aromatic nitrogens is 4. The van der Waals surface area contributed by atoms with Gasteiger partial charge in [-0.1, -0.05) is 6.07 Å². The zero-order valence-corrected chi connectivity index (χ0v) is 10.2. The van der Waals surface area contributed by atoms with E-state index in [9.17, 15) is 18.4 Å².